The summed E-state index contributed by atoms with van der Waals surface area (Å²) in [6.07, 6.45) is 0.876. The Hall–Kier alpha value is -2.29. The zero-order chi connectivity index (χ0) is 20.2. The maximum Gasteiger partial charge on any atom is 0.253 e. The zero-order valence-corrected chi connectivity index (χ0v) is 19.7. The van der Waals surface area contributed by atoms with Gasteiger partial charge < -0.3 is 20.3 Å². The number of benzene rings is 2. The largest absolute Gasteiger partial charge is 0.494 e. The van der Waals surface area contributed by atoms with Crippen molar-refractivity contribution in [2.24, 2.45) is 4.99 Å². The third-order valence-corrected chi connectivity index (χ3v) is 4.00. The number of halogens is 1. The first-order valence-corrected chi connectivity index (χ1v) is 9.60. The van der Waals surface area contributed by atoms with E-state index in [0.29, 0.717) is 18.7 Å². The third-order valence-electron chi connectivity index (χ3n) is 4.00. The molecule has 158 valence electrons. The Morgan fingerprint density at radius 3 is 2.34 bits per heavy atom. The maximum atomic E-state index is 11.9. The standard InChI is InChI=1S/C22H30N4O2.HI/c1-4-23-22(24-15-8-16-28-20-9-6-5-7-10-20)25-17-18-11-13-19(14-12-18)21(27)26(2)3;/h5-7,9-14H,4,8,15-17H2,1-3H3,(H2,23,24,25);1H. The molecule has 2 N–H and O–H groups in total. The number of para-hydroxylation sites is 1. The summed E-state index contributed by atoms with van der Waals surface area (Å²) < 4.78 is 5.69. The summed E-state index contributed by atoms with van der Waals surface area (Å²) in [5.41, 5.74) is 1.74. The van der Waals surface area contributed by atoms with Crippen molar-refractivity contribution in [3.05, 3.63) is 65.7 Å². The summed E-state index contributed by atoms with van der Waals surface area (Å²) in [4.78, 5) is 18.1. The summed E-state index contributed by atoms with van der Waals surface area (Å²) in [5, 5.41) is 6.56. The SMILES string of the molecule is CCNC(=NCc1ccc(C(=O)N(C)C)cc1)NCCCOc1ccccc1.I. The summed E-state index contributed by atoms with van der Waals surface area (Å²) in [5.74, 6) is 1.66. The van der Waals surface area contributed by atoms with Crippen molar-refractivity contribution in [1.29, 1.82) is 0 Å². The smallest absolute Gasteiger partial charge is 0.253 e. The quantitative estimate of drug-likeness (QED) is 0.235. The van der Waals surface area contributed by atoms with Gasteiger partial charge in [-0.15, -0.1) is 24.0 Å². The fourth-order valence-electron chi connectivity index (χ4n) is 2.51. The van der Waals surface area contributed by atoms with Crippen LogP contribution in [0.4, 0.5) is 0 Å². The Balaban J connectivity index is 0.00000420. The second kappa shape index (κ2) is 13.8. The maximum absolute atomic E-state index is 11.9. The highest BCUT2D eigenvalue weighted by atomic mass is 127. The third kappa shape index (κ3) is 9.17. The molecule has 29 heavy (non-hydrogen) atoms. The lowest BCUT2D eigenvalue weighted by Crippen LogP contribution is -2.38. The molecule has 0 aliphatic rings. The fraction of sp³-hybridized carbons (Fsp3) is 0.364. The second-order valence-electron chi connectivity index (χ2n) is 6.53. The molecular weight excluding hydrogens is 479 g/mol. The molecule has 0 heterocycles. The molecule has 0 aromatic heterocycles. The number of carbonyl (C=O) groups is 1. The number of rotatable bonds is 9. The van der Waals surface area contributed by atoms with Crippen molar-refractivity contribution in [3.63, 3.8) is 0 Å². The first kappa shape index (κ1) is 24.7. The van der Waals surface area contributed by atoms with E-state index >= 15 is 0 Å². The Labute approximate surface area is 190 Å². The zero-order valence-electron chi connectivity index (χ0n) is 17.4. The molecule has 0 saturated heterocycles. The van der Waals surface area contributed by atoms with E-state index in [1.807, 2.05) is 61.5 Å². The van der Waals surface area contributed by atoms with Crippen LogP contribution in [0.15, 0.2) is 59.6 Å². The summed E-state index contributed by atoms with van der Waals surface area (Å²) in [6.45, 7) is 4.80. The highest BCUT2D eigenvalue weighted by Crippen LogP contribution is 2.09. The summed E-state index contributed by atoms with van der Waals surface area (Å²) in [6, 6.07) is 17.4. The number of carbonyl (C=O) groups excluding carboxylic acids is 1. The Bertz CT molecular complexity index is 749. The van der Waals surface area contributed by atoms with E-state index < -0.39 is 0 Å². The Morgan fingerprint density at radius 1 is 1.03 bits per heavy atom. The molecule has 0 unspecified atom stereocenters. The van der Waals surface area contributed by atoms with Crippen molar-refractivity contribution in [1.82, 2.24) is 15.5 Å². The van der Waals surface area contributed by atoms with Crippen LogP contribution in [0.1, 0.15) is 29.3 Å². The van der Waals surface area contributed by atoms with Gasteiger partial charge >= 0.3 is 0 Å². The van der Waals surface area contributed by atoms with E-state index in [9.17, 15) is 4.79 Å². The predicted octanol–water partition coefficient (Wildman–Crippen LogP) is 3.53. The molecule has 0 aliphatic heterocycles. The Kier molecular flexibility index (Phi) is 11.8. The van der Waals surface area contributed by atoms with Crippen LogP contribution in [0, 0.1) is 0 Å². The lowest BCUT2D eigenvalue weighted by Gasteiger charge is -2.12. The van der Waals surface area contributed by atoms with Gasteiger partial charge in [-0.3, -0.25) is 4.79 Å². The number of hydrogen-bond donors (Lipinski definition) is 2. The Morgan fingerprint density at radius 2 is 1.72 bits per heavy atom. The van der Waals surface area contributed by atoms with Gasteiger partial charge in [-0.25, -0.2) is 4.99 Å². The van der Waals surface area contributed by atoms with E-state index in [-0.39, 0.29) is 29.9 Å². The number of nitrogens with zero attached hydrogens (tertiary/aromatic N) is 2. The lowest BCUT2D eigenvalue weighted by molar-refractivity contribution is 0.0827. The van der Waals surface area contributed by atoms with Crippen LogP contribution in [0.5, 0.6) is 5.75 Å². The molecule has 0 atom stereocenters. The van der Waals surface area contributed by atoms with Gasteiger partial charge in [0.15, 0.2) is 5.96 Å². The van der Waals surface area contributed by atoms with Crippen molar-refractivity contribution < 1.29 is 9.53 Å². The number of aliphatic imine (C=N–C) groups is 1. The van der Waals surface area contributed by atoms with Crippen LogP contribution in [0.2, 0.25) is 0 Å². The van der Waals surface area contributed by atoms with Crippen LogP contribution in [-0.2, 0) is 6.54 Å². The number of amides is 1. The van der Waals surface area contributed by atoms with Gasteiger partial charge in [0.05, 0.1) is 13.2 Å². The number of guanidine groups is 1. The average Bonchev–Trinajstić information content (AvgIpc) is 2.72. The van der Waals surface area contributed by atoms with Crippen LogP contribution in [0.25, 0.3) is 0 Å². The number of ether oxygens (including phenoxy) is 1. The molecule has 1 amide bonds. The van der Waals surface area contributed by atoms with E-state index in [4.69, 9.17) is 4.74 Å². The van der Waals surface area contributed by atoms with Crippen LogP contribution < -0.4 is 15.4 Å². The molecule has 0 spiro atoms. The van der Waals surface area contributed by atoms with Crippen LogP contribution >= 0.6 is 24.0 Å². The van der Waals surface area contributed by atoms with Crippen molar-refractivity contribution in [3.8, 4) is 5.75 Å². The van der Waals surface area contributed by atoms with Gasteiger partial charge in [-0.1, -0.05) is 30.3 Å². The lowest BCUT2D eigenvalue weighted by atomic mass is 10.1. The monoisotopic (exact) mass is 510 g/mol. The molecule has 2 rings (SSSR count). The first-order chi connectivity index (χ1) is 13.6. The van der Waals surface area contributed by atoms with E-state index in [0.717, 1.165) is 36.8 Å². The van der Waals surface area contributed by atoms with E-state index in [1.165, 1.54) is 0 Å². The molecule has 0 bridgehead atoms. The van der Waals surface area contributed by atoms with Gasteiger partial charge in [0, 0.05) is 32.7 Å². The van der Waals surface area contributed by atoms with Gasteiger partial charge in [-0.05, 0) is 43.2 Å². The van der Waals surface area contributed by atoms with E-state index in [2.05, 4.69) is 15.6 Å². The summed E-state index contributed by atoms with van der Waals surface area (Å²) in [7, 11) is 3.50. The second-order valence-corrected chi connectivity index (χ2v) is 6.53. The minimum atomic E-state index is 0. The normalized spacial score (nSPS) is 10.7. The molecule has 0 radical (unpaired) electrons. The molecule has 2 aromatic rings. The molecule has 0 aliphatic carbocycles. The van der Waals surface area contributed by atoms with Crippen LogP contribution in [-0.4, -0.2) is 50.6 Å². The number of hydrogen-bond acceptors (Lipinski definition) is 3. The molecule has 0 fully saturated rings. The van der Waals surface area contributed by atoms with Gasteiger partial charge in [0.1, 0.15) is 5.75 Å². The number of nitrogens with one attached hydrogen (secondary N) is 2. The van der Waals surface area contributed by atoms with E-state index in [1.54, 1.807) is 19.0 Å². The van der Waals surface area contributed by atoms with Crippen molar-refractivity contribution >= 4 is 35.8 Å². The molecule has 7 heteroatoms. The van der Waals surface area contributed by atoms with Crippen LogP contribution in [0.3, 0.4) is 0 Å². The van der Waals surface area contributed by atoms with Gasteiger partial charge in [0.25, 0.3) is 5.91 Å². The molecular formula is C22H31IN4O2. The van der Waals surface area contributed by atoms with Gasteiger partial charge in [0.2, 0.25) is 0 Å². The highest BCUT2D eigenvalue weighted by Gasteiger charge is 2.07. The molecule has 6 nitrogen and oxygen atoms in total. The minimum absolute atomic E-state index is 0. The predicted molar refractivity (Wildman–Crippen MR) is 129 cm³/mol. The first-order valence-electron chi connectivity index (χ1n) is 9.60. The summed E-state index contributed by atoms with van der Waals surface area (Å²) >= 11 is 0. The fourth-order valence-corrected chi connectivity index (χ4v) is 2.51. The van der Waals surface area contributed by atoms with Crippen molar-refractivity contribution in [2.45, 2.75) is 19.9 Å². The molecule has 2 aromatic carbocycles. The topological polar surface area (TPSA) is 66.0 Å². The minimum Gasteiger partial charge on any atom is -0.494 e. The van der Waals surface area contributed by atoms with Gasteiger partial charge in [-0.2, -0.15) is 0 Å². The molecule has 0 saturated carbocycles. The van der Waals surface area contributed by atoms with Crippen molar-refractivity contribution in [2.75, 3.05) is 33.8 Å². The highest BCUT2D eigenvalue weighted by molar-refractivity contribution is 14.0. The average molecular weight is 510 g/mol.